The Labute approximate surface area is 346 Å². The van der Waals surface area contributed by atoms with Gasteiger partial charge in [0.1, 0.15) is 0 Å². The maximum Gasteiger partial charge on any atom is 0.0493 e. The van der Waals surface area contributed by atoms with Crippen LogP contribution in [0.2, 0.25) is 0 Å². The highest BCUT2D eigenvalue weighted by Gasteiger charge is 2.44. The van der Waals surface area contributed by atoms with Crippen molar-refractivity contribution < 1.29 is 0 Å². The molecule has 0 radical (unpaired) electrons. The van der Waals surface area contributed by atoms with Gasteiger partial charge in [-0.2, -0.15) is 0 Å². The third-order valence-electron chi connectivity index (χ3n) is 13.4. The second-order valence-corrected chi connectivity index (χ2v) is 18.4. The highest BCUT2D eigenvalue weighted by Crippen LogP contribution is 2.60. The Bertz CT molecular complexity index is 2800. The van der Waals surface area contributed by atoms with E-state index in [4.69, 9.17) is 0 Å². The van der Waals surface area contributed by atoms with Crippen LogP contribution in [0.1, 0.15) is 94.5 Å². The van der Waals surface area contributed by atoms with E-state index in [1.807, 2.05) is 0 Å². The van der Waals surface area contributed by atoms with Crippen LogP contribution in [0.3, 0.4) is 0 Å². The first-order valence-electron chi connectivity index (χ1n) is 20.9. The summed E-state index contributed by atoms with van der Waals surface area (Å²) in [4.78, 5) is 4.92. The molecule has 0 bridgehead atoms. The third kappa shape index (κ3) is 5.75. The largest absolute Gasteiger partial charge is 0.310 e. The molecule has 58 heavy (non-hydrogen) atoms. The third-order valence-corrected chi connectivity index (χ3v) is 13.4. The summed E-state index contributed by atoms with van der Waals surface area (Å²) in [6, 6.07) is 46.3. The van der Waals surface area contributed by atoms with Crippen molar-refractivity contribution in [3.63, 3.8) is 0 Å². The number of fused-ring (bicyclic) bond motifs is 6. The molecule has 0 saturated carbocycles. The Morgan fingerprint density at radius 2 is 0.810 bits per heavy atom. The lowest BCUT2D eigenvalue weighted by Crippen LogP contribution is -2.19. The van der Waals surface area contributed by atoms with Gasteiger partial charge in [-0.3, -0.25) is 0 Å². The Balaban J connectivity index is 1.20. The molecular weight excluding hydrogens is 701 g/mol. The van der Waals surface area contributed by atoms with Gasteiger partial charge in [-0.1, -0.05) is 93.4 Å². The lowest BCUT2D eigenvalue weighted by Gasteiger charge is -2.30. The zero-order valence-electron chi connectivity index (χ0n) is 36.4. The number of hydrogen-bond donors (Lipinski definition) is 0. The van der Waals surface area contributed by atoms with Crippen molar-refractivity contribution >= 4 is 34.1 Å². The van der Waals surface area contributed by atoms with Crippen molar-refractivity contribution in [1.82, 2.24) is 0 Å². The predicted molar refractivity (Wildman–Crippen MR) is 249 cm³/mol. The van der Waals surface area contributed by atoms with Crippen LogP contribution in [0.4, 0.5) is 34.1 Å². The fourth-order valence-corrected chi connectivity index (χ4v) is 10.3. The number of anilines is 6. The van der Waals surface area contributed by atoms with E-state index in [9.17, 15) is 0 Å². The van der Waals surface area contributed by atoms with E-state index in [0.29, 0.717) is 0 Å². The lowest BCUT2D eigenvalue weighted by atomic mass is 9.76. The topological polar surface area (TPSA) is 6.48 Å². The molecule has 7 aromatic rings. The second-order valence-electron chi connectivity index (χ2n) is 18.4. The monoisotopic (exact) mass is 756 g/mol. The van der Waals surface area contributed by atoms with Crippen molar-refractivity contribution in [2.24, 2.45) is 0 Å². The van der Waals surface area contributed by atoms with E-state index < -0.39 is 0 Å². The van der Waals surface area contributed by atoms with E-state index in [-0.39, 0.29) is 10.8 Å². The molecule has 0 aromatic heterocycles. The Morgan fingerprint density at radius 1 is 0.345 bits per heavy atom. The number of benzene rings is 7. The van der Waals surface area contributed by atoms with Crippen molar-refractivity contribution in [3.05, 3.63) is 188 Å². The van der Waals surface area contributed by atoms with E-state index in [2.05, 4.69) is 214 Å². The van der Waals surface area contributed by atoms with Crippen LogP contribution in [0.15, 0.2) is 121 Å². The van der Waals surface area contributed by atoms with E-state index in [1.54, 1.807) is 0 Å². The van der Waals surface area contributed by atoms with Gasteiger partial charge >= 0.3 is 0 Å². The van der Waals surface area contributed by atoms with Crippen LogP contribution < -0.4 is 9.80 Å². The number of nitrogens with zero attached hydrogens (tertiary/aromatic N) is 2. The molecule has 290 valence electrons. The summed E-state index contributed by atoms with van der Waals surface area (Å²) < 4.78 is 0. The smallest absolute Gasteiger partial charge is 0.0493 e. The van der Waals surface area contributed by atoms with Crippen LogP contribution in [-0.2, 0) is 10.8 Å². The van der Waals surface area contributed by atoms with Gasteiger partial charge in [0.2, 0.25) is 0 Å². The Morgan fingerprint density at radius 3 is 1.36 bits per heavy atom. The van der Waals surface area contributed by atoms with Crippen LogP contribution in [0.25, 0.3) is 22.3 Å². The van der Waals surface area contributed by atoms with Gasteiger partial charge in [-0.25, -0.2) is 0 Å². The molecule has 0 spiro atoms. The molecule has 2 aliphatic carbocycles. The molecule has 2 aliphatic rings. The highest BCUT2D eigenvalue weighted by molar-refractivity contribution is 5.95. The first kappa shape index (κ1) is 37.7. The molecule has 0 N–H and O–H groups in total. The average Bonchev–Trinajstić information content (AvgIpc) is 3.56. The molecule has 0 heterocycles. The summed E-state index contributed by atoms with van der Waals surface area (Å²) in [5.74, 6) is 0. The Hall–Kier alpha value is -5.86. The van der Waals surface area contributed by atoms with Crippen molar-refractivity contribution in [3.8, 4) is 22.3 Å². The lowest BCUT2D eigenvalue weighted by molar-refractivity contribution is 0.648. The summed E-state index contributed by atoms with van der Waals surface area (Å²) >= 11 is 0. The van der Waals surface area contributed by atoms with E-state index in [1.165, 1.54) is 123 Å². The predicted octanol–water partition coefficient (Wildman–Crippen LogP) is 15.7. The summed E-state index contributed by atoms with van der Waals surface area (Å²) in [6.45, 7) is 27.6. The number of rotatable bonds is 6. The van der Waals surface area contributed by atoms with Gasteiger partial charge in [0.15, 0.2) is 0 Å². The molecule has 7 aromatic carbocycles. The quantitative estimate of drug-likeness (QED) is 0.167. The van der Waals surface area contributed by atoms with Crippen LogP contribution in [-0.4, -0.2) is 0 Å². The van der Waals surface area contributed by atoms with E-state index >= 15 is 0 Å². The minimum absolute atomic E-state index is 0.188. The van der Waals surface area contributed by atoms with Gasteiger partial charge in [0.05, 0.1) is 0 Å². The van der Waals surface area contributed by atoms with Gasteiger partial charge in [-0.05, 0) is 200 Å². The van der Waals surface area contributed by atoms with Crippen LogP contribution >= 0.6 is 0 Å². The molecule has 0 aliphatic heterocycles. The highest BCUT2D eigenvalue weighted by atomic mass is 15.1. The normalized spacial score (nSPS) is 14.1. The summed E-state index contributed by atoms with van der Waals surface area (Å²) in [5.41, 5.74) is 28.4. The van der Waals surface area contributed by atoms with Gasteiger partial charge in [-0.15, -0.1) is 0 Å². The minimum Gasteiger partial charge on any atom is -0.310 e. The molecule has 2 heteroatoms. The van der Waals surface area contributed by atoms with E-state index in [0.717, 1.165) is 0 Å². The zero-order chi connectivity index (χ0) is 41.0. The summed E-state index contributed by atoms with van der Waals surface area (Å²) in [7, 11) is 0. The van der Waals surface area contributed by atoms with Crippen LogP contribution in [0.5, 0.6) is 0 Å². The standard InChI is InChI=1S/C56H56N2/c1-33-15-21-41(22-16-33)57(50-27-35(3)13-19-37(50)5)43-25-26-45-47(30-43)55(9,10)49-32-46-52-39(7)29-44(31-48(52)56(11,12)54(46)40(8)53(45)49)58(42-23-17-34(2)18-24-42)51-28-36(4)14-20-38(51)6/h13-32H,1-12H3. The van der Waals surface area contributed by atoms with Gasteiger partial charge in [0, 0.05) is 45.0 Å². The number of aryl methyl sites for hydroxylation is 7. The van der Waals surface area contributed by atoms with Crippen molar-refractivity contribution in [2.75, 3.05) is 9.80 Å². The second kappa shape index (κ2) is 13.3. The maximum atomic E-state index is 2.57. The zero-order valence-corrected chi connectivity index (χ0v) is 36.4. The summed E-state index contributed by atoms with van der Waals surface area (Å²) in [5, 5.41) is 0. The Kier molecular flexibility index (Phi) is 8.68. The van der Waals surface area contributed by atoms with Gasteiger partial charge in [0.25, 0.3) is 0 Å². The van der Waals surface area contributed by atoms with Gasteiger partial charge < -0.3 is 9.80 Å². The summed E-state index contributed by atoms with van der Waals surface area (Å²) in [6.07, 6.45) is 0. The molecule has 0 fully saturated rings. The minimum atomic E-state index is -0.192. The van der Waals surface area contributed by atoms with Crippen molar-refractivity contribution in [1.29, 1.82) is 0 Å². The van der Waals surface area contributed by atoms with Crippen LogP contribution in [0, 0.1) is 55.4 Å². The maximum absolute atomic E-state index is 2.57. The SMILES string of the molecule is Cc1ccc(N(c2ccc3c(c2)C(C)(C)c2cc4c(c(C)c2-3)C(C)(C)c2cc(N(c3ccc(C)cc3)c3cc(C)ccc3C)cc(C)c2-4)c2cc(C)ccc2C)cc1. The fourth-order valence-electron chi connectivity index (χ4n) is 10.3. The molecule has 2 nitrogen and oxygen atoms in total. The molecule has 0 unspecified atom stereocenters. The molecular formula is C56H56N2. The average molecular weight is 757 g/mol. The molecule has 0 amide bonds. The first-order valence-corrected chi connectivity index (χ1v) is 20.9. The molecule has 0 saturated heterocycles. The first-order chi connectivity index (χ1) is 27.6. The number of hydrogen-bond acceptors (Lipinski definition) is 2. The molecule has 0 atom stereocenters. The fraction of sp³-hybridized carbons (Fsp3) is 0.250. The van der Waals surface area contributed by atoms with Crippen molar-refractivity contribution in [2.45, 2.75) is 93.9 Å². The molecule has 9 rings (SSSR count).